The number of hydrogen-bond donors (Lipinski definition) is 0. The average Bonchev–Trinajstić information content (AvgIpc) is 2.38. The predicted octanol–water partition coefficient (Wildman–Crippen LogP) is 3.83. The minimum atomic E-state index is -0.684. The summed E-state index contributed by atoms with van der Waals surface area (Å²) in [5.74, 6) is 0. The third-order valence-corrected chi connectivity index (χ3v) is 4.89. The lowest BCUT2D eigenvalue weighted by molar-refractivity contribution is 0.388. The zero-order valence-electron chi connectivity index (χ0n) is 9.64. The molecule has 0 fully saturated rings. The Kier molecular flexibility index (Phi) is 4.73. The monoisotopic (exact) mass is 308 g/mol. The van der Waals surface area contributed by atoms with Crippen LogP contribution in [-0.4, -0.2) is 6.61 Å². The molecule has 1 atom stereocenters. The van der Waals surface area contributed by atoms with E-state index in [9.17, 15) is 0 Å². The molecule has 0 saturated heterocycles. The minimum absolute atomic E-state index is 0.684. The lowest BCUT2D eigenvalue weighted by Crippen LogP contribution is -2.13. The second kappa shape index (κ2) is 6.30. The van der Waals surface area contributed by atoms with Gasteiger partial charge < -0.3 is 4.52 Å². The molecular weight excluding hydrogens is 295 g/mol. The highest BCUT2D eigenvalue weighted by Crippen LogP contribution is 2.34. The summed E-state index contributed by atoms with van der Waals surface area (Å²) in [6.07, 6.45) is 0. The van der Waals surface area contributed by atoms with E-state index < -0.39 is 8.15 Å². The zero-order chi connectivity index (χ0) is 12.1. The fourth-order valence-corrected chi connectivity index (χ4v) is 3.55. The first-order valence-corrected chi connectivity index (χ1v) is 7.60. The molecule has 0 aliphatic carbocycles. The van der Waals surface area contributed by atoms with Gasteiger partial charge in [-0.15, -0.1) is 0 Å². The zero-order valence-corrected chi connectivity index (χ0v) is 12.1. The summed E-state index contributed by atoms with van der Waals surface area (Å²) in [5, 5.41) is 2.50. The standard InChI is InChI=1S/C14H14BrOP/c1-2-16-17(13-6-4-3-5-7-13)14-10-8-12(15)9-11-14/h3-11H,2H2,1H3. The van der Waals surface area contributed by atoms with Crippen molar-refractivity contribution in [2.24, 2.45) is 0 Å². The van der Waals surface area contributed by atoms with Gasteiger partial charge in [0, 0.05) is 21.7 Å². The highest BCUT2D eigenvalue weighted by atomic mass is 79.9. The van der Waals surface area contributed by atoms with Crippen molar-refractivity contribution in [3.8, 4) is 0 Å². The Morgan fingerprint density at radius 2 is 1.53 bits per heavy atom. The van der Waals surface area contributed by atoms with Crippen molar-refractivity contribution in [1.82, 2.24) is 0 Å². The summed E-state index contributed by atoms with van der Waals surface area (Å²) in [7, 11) is -0.684. The molecule has 0 aromatic heterocycles. The van der Waals surface area contributed by atoms with Crippen molar-refractivity contribution in [2.45, 2.75) is 6.92 Å². The molecule has 0 bridgehead atoms. The fraction of sp³-hybridized carbons (Fsp3) is 0.143. The van der Waals surface area contributed by atoms with Gasteiger partial charge >= 0.3 is 0 Å². The van der Waals surface area contributed by atoms with Crippen molar-refractivity contribution in [1.29, 1.82) is 0 Å². The molecule has 2 aromatic carbocycles. The molecule has 1 nitrogen and oxygen atoms in total. The maximum atomic E-state index is 5.90. The van der Waals surface area contributed by atoms with Crippen LogP contribution < -0.4 is 10.6 Å². The Labute approximate surface area is 112 Å². The van der Waals surface area contributed by atoms with E-state index in [0.29, 0.717) is 0 Å². The highest BCUT2D eigenvalue weighted by Gasteiger charge is 2.13. The van der Waals surface area contributed by atoms with E-state index in [1.165, 1.54) is 10.6 Å². The van der Waals surface area contributed by atoms with Crippen molar-refractivity contribution in [3.05, 3.63) is 59.1 Å². The number of halogens is 1. The summed E-state index contributed by atoms with van der Waals surface area (Å²) in [6, 6.07) is 18.8. The molecule has 0 saturated carbocycles. The third-order valence-electron chi connectivity index (χ3n) is 2.31. The smallest absolute Gasteiger partial charge is 0.0917 e. The number of hydrogen-bond acceptors (Lipinski definition) is 1. The SMILES string of the molecule is CCOP(c1ccccc1)c1ccc(Br)cc1. The Morgan fingerprint density at radius 3 is 2.12 bits per heavy atom. The van der Waals surface area contributed by atoms with Crippen molar-refractivity contribution >= 4 is 34.7 Å². The average molecular weight is 309 g/mol. The van der Waals surface area contributed by atoms with Crippen LogP contribution in [-0.2, 0) is 4.52 Å². The molecule has 2 aromatic rings. The van der Waals surface area contributed by atoms with Crippen molar-refractivity contribution in [3.63, 3.8) is 0 Å². The molecule has 88 valence electrons. The second-order valence-electron chi connectivity index (χ2n) is 3.52. The molecule has 0 N–H and O–H groups in total. The van der Waals surface area contributed by atoms with Gasteiger partial charge in [0.2, 0.25) is 0 Å². The summed E-state index contributed by atoms with van der Waals surface area (Å²) in [6.45, 7) is 2.77. The Balaban J connectivity index is 2.32. The first-order chi connectivity index (χ1) is 8.31. The van der Waals surface area contributed by atoms with E-state index >= 15 is 0 Å². The first kappa shape index (κ1) is 12.8. The predicted molar refractivity (Wildman–Crippen MR) is 78.4 cm³/mol. The topological polar surface area (TPSA) is 9.23 Å². The van der Waals surface area contributed by atoms with Crippen LogP contribution >= 0.6 is 24.1 Å². The molecule has 1 unspecified atom stereocenters. The van der Waals surface area contributed by atoms with Gasteiger partial charge in [0.05, 0.1) is 8.15 Å². The van der Waals surface area contributed by atoms with Crippen molar-refractivity contribution in [2.75, 3.05) is 6.61 Å². The summed E-state index contributed by atoms with van der Waals surface area (Å²) >= 11 is 3.46. The van der Waals surface area contributed by atoms with Crippen LogP contribution in [0, 0.1) is 0 Å². The van der Waals surface area contributed by atoms with E-state index in [-0.39, 0.29) is 0 Å². The quantitative estimate of drug-likeness (QED) is 0.780. The van der Waals surface area contributed by atoms with Crippen LogP contribution in [0.4, 0.5) is 0 Å². The van der Waals surface area contributed by atoms with Gasteiger partial charge in [0.1, 0.15) is 0 Å². The summed E-state index contributed by atoms with van der Waals surface area (Å²) < 4.78 is 7.00. The van der Waals surface area contributed by atoms with Crippen molar-refractivity contribution < 1.29 is 4.52 Å². The van der Waals surface area contributed by atoms with Gasteiger partial charge in [0.25, 0.3) is 0 Å². The number of benzene rings is 2. The lowest BCUT2D eigenvalue weighted by atomic mass is 10.4. The molecule has 0 radical (unpaired) electrons. The van der Waals surface area contributed by atoms with Crippen LogP contribution in [0.2, 0.25) is 0 Å². The van der Waals surface area contributed by atoms with E-state index in [1.807, 2.05) is 13.0 Å². The molecule has 0 heterocycles. The first-order valence-electron chi connectivity index (χ1n) is 5.55. The minimum Gasteiger partial charge on any atom is -0.350 e. The molecular formula is C14H14BrOP. The van der Waals surface area contributed by atoms with Crippen LogP contribution in [0.25, 0.3) is 0 Å². The molecule has 0 aliphatic heterocycles. The van der Waals surface area contributed by atoms with Crippen LogP contribution in [0.5, 0.6) is 0 Å². The maximum absolute atomic E-state index is 5.90. The van der Waals surface area contributed by atoms with Gasteiger partial charge in [0.15, 0.2) is 0 Å². The fourth-order valence-electron chi connectivity index (χ4n) is 1.57. The van der Waals surface area contributed by atoms with Gasteiger partial charge in [-0.2, -0.15) is 0 Å². The Bertz CT molecular complexity index is 455. The van der Waals surface area contributed by atoms with Crippen LogP contribution in [0.3, 0.4) is 0 Å². The van der Waals surface area contributed by atoms with Crippen LogP contribution in [0.15, 0.2) is 59.1 Å². The molecule has 0 spiro atoms. The van der Waals surface area contributed by atoms with Gasteiger partial charge in [-0.1, -0.05) is 58.4 Å². The third kappa shape index (κ3) is 3.38. The van der Waals surface area contributed by atoms with E-state index in [1.54, 1.807) is 0 Å². The molecule has 17 heavy (non-hydrogen) atoms. The van der Waals surface area contributed by atoms with Gasteiger partial charge in [-0.25, -0.2) is 0 Å². The number of rotatable bonds is 4. The molecule has 0 amide bonds. The second-order valence-corrected chi connectivity index (χ2v) is 6.32. The molecule has 2 rings (SSSR count). The Hall–Kier alpha value is -0.690. The summed E-state index contributed by atoms with van der Waals surface area (Å²) in [4.78, 5) is 0. The maximum Gasteiger partial charge on any atom is 0.0917 e. The van der Waals surface area contributed by atoms with Crippen LogP contribution in [0.1, 0.15) is 6.92 Å². The van der Waals surface area contributed by atoms with E-state index in [0.717, 1.165) is 11.1 Å². The molecule has 3 heteroatoms. The Morgan fingerprint density at radius 1 is 0.941 bits per heavy atom. The largest absolute Gasteiger partial charge is 0.350 e. The summed E-state index contributed by atoms with van der Waals surface area (Å²) in [5.41, 5.74) is 0. The van der Waals surface area contributed by atoms with E-state index in [2.05, 4.69) is 64.5 Å². The van der Waals surface area contributed by atoms with Gasteiger partial charge in [-0.3, -0.25) is 0 Å². The lowest BCUT2D eigenvalue weighted by Gasteiger charge is -2.17. The van der Waals surface area contributed by atoms with E-state index in [4.69, 9.17) is 4.52 Å². The van der Waals surface area contributed by atoms with Gasteiger partial charge in [-0.05, 0) is 19.1 Å². The highest BCUT2D eigenvalue weighted by molar-refractivity contribution is 9.10. The normalized spacial score (nSPS) is 12.4. The molecule has 0 aliphatic rings.